The van der Waals surface area contributed by atoms with Crippen molar-refractivity contribution in [1.82, 2.24) is 0 Å². The van der Waals surface area contributed by atoms with E-state index in [9.17, 15) is 8.42 Å². The van der Waals surface area contributed by atoms with E-state index in [0.29, 0.717) is 0 Å². The first-order chi connectivity index (χ1) is 7.57. The van der Waals surface area contributed by atoms with E-state index in [4.69, 9.17) is 4.18 Å². The van der Waals surface area contributed by atoms with Crippen molar-refractivity contribution in [3.63, 3.8) is 0 Å². The molecule has 0 unspecified atom stereocenters. The van der Waals surface area contributed by atoms with Gasteiger partial charge in [-0.3, -0.25) is 0 Å². The molecule has 0 radical (unpaired) electrons. The molecular formula is C11H14O4S. The summed E-state index contributed by atoms with van der Waals surface area (Å²) < 4.78 is 31.4. The molecule has 0 spiro atoms. The summed E-state index contributed by atoms with van der Waals surface area (Å²) in [4.78, 5) is 0. The third-order valence-corrected chi connectivity index (χ3v) is 2.68. The third kappa shape index (κ3) is 4.04. The molecule has 1 aromatic carbocycles. The zero-order valence-electron chi connectivity index (χ0n) is 9.05. The Bertz CT molecular complexity index is 434. The quantitative estimate of drug-likeness (QED) is 0.717. The van der Waals surface area contributed by atoms with Crippen LogP contribution in [0, 0.1) is 0 Å². The van der Waals surface area contributed by atoms with E-state index in [0.717, 1.165) is 12.0 Å². The van der Waals surface area contributed by atoms with Gasteiger partial charge in [-0.1, -0.05) is 18.2 Å². The Hall–Kier alpha value is -1.33. The topological polar surface area (TPSA) is 52.6 Å². The summed E-state index contributed by atoms with van der Waals surface area (Å²) in [5, 5.41) is 0. The van der Waals surface area contributed by atoms with Gasteiger partial charge in [0.2, 0.25) is 0 Å². The minimum atomic E-state index is -3.93. The van der Waals surface area contributed by atoms with E-state index in [1.54, 1.807) is 37.3 Å². The molecule has 0 atom stereocenters. The summed E-state index contributed by atoms with van der Waals surface area (Å²) in [6.07, 6.45) is 2.51. The van der Waals surface area contributed by atoms with Crippen LogP contribution in [0.1, 0.15) is 12.5 Å². The Morgan fingerprint density at radius 1 is 1.31 bits per heavy atom. The predicted molar refractivity (Wildman–Crippen MR) is 61.5 cm³/mol. The van der Waals surface area contributed by atoms with Crippen LogP contribution in [-0.4, -0.2) is 15.0 Å². The average Bonchev–Trinajstić information content (AvgIpc) is 2.21. The SMILES string of the molecule is C=CCc1ccc(OS(=O)(=O)OCC)cc1. The molecular weight excluding hydrogens is 228 g/mol. The Labute approximate surface area is 95.8 Å². The standard InChI is InChI=1S/C11H14O4S/c1-3-5-10-6-8-11(9-7-10)15-16(12,13)14-4-2/h3,6-9H,1,4-5H2,2H3. The van der Waals surface area contributed by atoms with Gasteiger partial charge < -0.3 is 4.18 Å². The summed E-state index contributed by atoms with van der Waals surface area (Å²) in [7, 11) is -3.93. The Balaban J connectivity index is 2.72. The van der Waals surface area contributed by atoms with Crippen molar-refractivity contribution in [2.75, 3.05) is 6.61 Å². The maximum Gasteiger partial charge on any atom is 0.449 e. The summed E-state index contributed by atoms with van der Waals surface area (Å²) in [6, 6.07) is 6.71. The van der Waals surface area contributed by atoms with Gasteiger partial charge in [-0.15, -0.1) is 6.58 Å². The number of hydrogen-bond acceptors (Lipinski definition) is 4. The van der Waals surface area contributed by atoms with Gasteiger partial charge in [-0.05, 0) is 31.0 Å². The molecule has 0 heterocycles. The highest BCUT2D eigenvalue weighted by molar-refractivity contribution is 7.82. The molecule has 0 saturated carbocycles. The molecule has 1 aromatic rings. The Morgan fingerprint density at radius 2 is 1.94 bits per heavy atom. The second-order valence-electron chi connectivity index (χ2n) is 3.03. The highest BCUT2D eigenvalue weighted by atomic mass is 32.3. The fourth-order valence-electron chi connectivity index (χ4n) is 1.13. The highest BCUT2D eigenvalue weighted by Crippen LogP contribution is 2.15. The van der Waals surface area contributed by atoms with E-state index in [-0.39, 0.29) is 12.4 Å². The lowest BCUT2D eigenvalue weighted by Gasteiger charge is -2.05. The second-order valence-corrected chi connectivity index (χ2v) is 4.25. The van der Waals surface area contributed by atoms with Crippen LogP contribution in [0.2, 0.25) is 0 Å². The van der Waals surface area contributed by atoms with Crippen molar-refractivity contribution in [1.29, 1.82) is 0 Å². The van der Waals surface area contributed by atoms with E-state index in [1.807, 2.05) is 0 Å². The molecule has 88 valence electrons. The fraction of sp³-hybridized carbons (Fsp3) is 0.273. The van der Waals surface area contributed by atoms with Crippen LogP contribution in [0.3, 0.4) is 0 Å². The van der Waals surface area contributed by atoms with Crippen LogP contribution in [0.5, 0.6) is 5.75 Å². The molecule has 0 bridgehead atoms. The maximum atomic E-state index is 11.1. The molecule has 0 aliphatic carbocycles. The van der Waals surface area contributed by atoms with Crippen LogP contribution in [0.25, 0.3) is 0 Å². The smallest absolute Gasteiger partial charge is 0.362 e. The Morgan fingerprint density at radius 3 is 2.44 bits per heavy atom. The monoisotopic (exact) mass is 242 g/mol. The highest BCUT2D eigenvalue weighted by Gasteiger charge is 2.11. The summed E-state index contributed by atoms with van der Waals surface area (Å²) in [5.74, 6) is 0.237. The summed E-state index contributed by atoms with van der Waals surface area (Å²) >= 11 is 0. The number of hydrogen-bond donors (Lipinski definition) is 0. The van der Waals surface area contributed by atoms with Gasteiger partial charge in [0.15, 0.2) is 0 Å². The molecule has 4 nitrogen and oxygen atoms in total. The molecule has 0 aromatic heterocycles. The molecule has 5 heteroatoms. The molecule has 0 aliphatic rings. The molecule has 0 fully saturated rings. The van der Waals surface area contributed by atoms with Gasteiger partial charge in [-0.2, -0.15) is 8.42 Å². The third-order valence-electron chi connectivity index (χ3n) is 1.76. The van der Waals surface area contributed by atoms with E-state index in [1.165, 1.54) is 0 Å². The summed E-state index contributed by atoms with van der Waals surface area (Å²) in [6.45, 7) is 5.24. The average molecular weight is 242 g/mol. The molecule has 0 N–H and O–H groups in total. The van der Waals surface area contributed by atoms with E-state index >= 15 is 0 Å². The molecule has 0 saturated heterocycles. The van der Waals surface area contributed by atoms with Gasteiger partial charge in [-0.25, -0.2) is 4.18 Å². The first-order valence-corrected chi connectivity index (χ1v) is 6.19. The fourth-order valence-corrected chi connectivity index (χ4v) is 1.82. The second kappa shape index (κ2) is 5.67. The predicted octanol–water partition coefficient (Wildman–Crippen LogP) is 2.08. The minimum absolute atomic E-state index is 0.0525. The van der Waals surface area contributed by atoms with Gasteiger partial charge in [0.25, 0.3) is 0 Å². The van der Waals surface area contributed by atoms with Crippen molar-refractivity contribution in [2.45, 2.75) is 13.3 Å². The van der Waals surface area contributed by atoms with Crippen LogP contribution in [-0.2, 0) is 21.0 Å². The van der Waals surface area contributed by atoms with E-state index in [2.05, 4.69) is 10.8 Å². The van der Waals surface area contributed by atoms with Crippen molar-refractivity contribution in [3.05, 3.63) is 42.5 Å². The Kier molecular flexibility index (Phi) is 4.52. The molecule has 0 amide bonds. The lowest BCUT2D eigenvalue weighted by molar-refractivity contribution is 0.288. The lowest BCUT2D eigenvalue weighted by atomic mass is 10.1. The lowest BCUT2D eigenvalue weighted by Crippen LogP contribution is -2.12. The zero-order valence-corrected chi connectivity index (χ0v) is 9.87. The largest absolute Gasteiger partial charge is 0.449 e. The van der Waals surface area contributed by atoms with Crippen LogP contribution >= 0.6 is 0 Å². The molecule has 16 heavy (non-hydrogen) atoms. The molecule has 0 aliphatic heterocycles. The van der Waals surface area contributed by atoms with Crippen LogP contribution < -0.4 is 4.18 Å². The first kappa shape index (κ1) is 12.7. The van der Waals surface area contributed by atoms with Gasteiger partial charge >= 0.3 is 10.4 Å². The van der Waals surface area contributed by atoms with Crippen LogP contribution in [0.4, 0.5) is 0 Å². The maximum absolute atomic E-state index is 11.1. The van der Waals surface area contributed by atoms with Crippen molar-refractivity contribution < 1.29 is 16.8 Å². The number of rotatable bonds is 6. The zero-order chi connectivity index (χ0) is 12.0. The summed E-state index contributed by atoms with van der Waals surface area (Å²) in [5.41, 5.74) is 1.04. The molecule has 1 rings (SSSR count). The normalized spacial score (nSPS) is 11.1. The van der Waals surface area contributed by atoms with Crippen LogP contribution in [0.15, 0.2) is 36.9 Å². The van der Waals surface area contributed by atoms with Crippen molar-refractivity contribution in [3.8, 4) is 5.75 Å². The van der Waals surface area contributed by atoms with E-state index < -0.39 is 10.4 Å². The number of allylic oxidation sites excluding steroid dienone is 1. The number of benzene rings is 1. The van der Waals surface area contributed by atoms with Crippen molar-refractivity contribution >= 4 is 10.4 Å². The van der Waals surface area contributed by atoms with Crippen molar-refractivity contribution in [2.24, 2.45) is 0 Å². The van der Waals surface area contributed by atoms with Gasteiger partial charge in [0.05, 0.1) is 6.61 Å². The van der Waals surface area contributed by atoms with Gasteiger partial charge in [0.1, 0.15) is 5.75 Å². The first-order valence-electron chi connectivity index (χ1n) is 4.86. The van der Waals surface area contributed by atoms with Gasteiger partial charge in [0, 0.05) is 0 Å². The minimum Gasteiger partial charge on any atom is -0.362 e.